The molecule has 4 heteroatoms. The number of carboxylic acids is 1. The van der Waals surface area contributed by atoms with Gasteiger partial charge in [-0.1, -0.05) is 15.9 Å². The van der Waals surface area contributed by atoms with E-state index in [9.17, 15) is 4.79 Å². The molecule has 12 heavy (non-hydrogen) atoms. The first-order valence-corrected chi connectivity index (χ1v) is 4.07. The molecular formula is C8H7BrO3. The molecule has 0 fully saturated rings. The Hall–Kier alpha value is -1.03. The van der Waals surface area contributed by atoms with Crippen molar-refractivity contribution in [2.45, 2.75) is 6.42 Å². The molecule has 0 bridgehead atoms. The van der Waals surface area contributed by atoms with Gasteiger partial charge in [0.2, 0.25) is 0 Å². The van der Waals surface area contributed by atoms with E-state index in [-0.39, 0.29) is 12.2 Å². The first kappa shape index (κ1) is 9.06. The van der Waals surface area contributed by atoms with Crippen molar-refractivity contribution in [1.29, 1.82) is 0 Å². The zero-order chi connectivity index (χ0) is 9.14. The van der Waals surface area contributed by atoms with E-state index in [0.29, 0.717) is 10.0 Å². The van der Waals surface area contributed by atoms with E-state index in [0.717, 1.165) is 0 Å². The molecule has 64 valence electrons. The maximum Gasteiger partial charge on any atom is 0.307 e. The molecule has 0 heterocycles. The van der Waals surface area contributed by atoms with E-state index in [2.05, 4.69) is 15.9 Å². The van der Waals surface area contributed by atoms with Gasteiger partial charge in [0.1, 0.15) is 5.75 Å². The van der Waals surface area contributed by atoms with Crippen molar-refractivity contribution in [3.05, 3.63) is 28.2 Å². The van der Waals surface area contributed by atoms with Crippen molar-refractivity contribution >= 4 is 21.9 Å². The summed E-state index contributed by atoms with van der Waals surface area (Å²) in [5.41, 5.74) is 0.578. The molecule has 0 saturated heterocycles. The number of carbonyl (C=O) groups is 1. The predicted octanol–water partition coefficient (Wildman–Crippen LogP) is 1.78. The molecule has 3 nitrogen and oxygen atoms in total. The maximum absolute atomic E-state index is 10.3. The SMILES string of the molecule is O=C(O)Cc1cc(O)cc(Br)c1. The third-order valence-corrected chi connectivity index (χ3v) is 1.76. The van der Waals surface area contributed by atoms with Crippen molar-refractivity contribution < 1.29 is 15.0 Å². The summed E-state index contributed by atoms with van der Waals surface area (Å²) < 4.78 is 0.679. The molecule has 0 unspecified atom stereocenters. The quantitative estimate of drug-likeness (QED) is 0.815. The highest BCUT2D eigenvalue weighted by atomic mass is 79.9. The van der Waals surface area contributed by atoms with Gasteiger partial charge >= 0.3 is 5.97 Å². The molecule has 0 aliphatic carbocycles. The van der Waals surface area contributed by atoms with Crippen molar-refractivity contribution in [1.82, 2.24) is 0 Å². The van der Waals surface area contributed by atoms with Gasteiger partial charge in [0.25, 0.3) is 0 Å². The Morgan fingerprint density at radius 2 is 2.08 bits per heavy atom. The Morgan fingerprint density at radius 1 is 1.42 bits per heavy atom. The molecule has 0 aliphatic rings. The highest BCUT2D eigenvalue weighted by Gasteiger charge is 2.02. The van der Waals surface area contributed by atoms with Crippen LogP contribution >= 0.6 is 15.9 Å². The summed E-state index contributed by atoms with van der Waals surface area (Å²) in [6.07, 6.45) is -0.0764. The average molecular weight is 231 g/mol. The van der Waals surface area contributed by atoms with Gasteiger partial charge < -0.3 is 10.2 Å². The minimum atomic E-state index is -0.910. The fourth-order valence-electron chi connectivity index (χ4n) is 0.910. The summed E-state index contributed by atoms with van der Waals surface area (Å²) in [4.78, 5) is 10.3. The molecule has 0 saturated carbocycles. The molecule has 0 amide bonds. The van der Waals surface area contributed by atoms with Crippen LogP contribution in [0.3, 0.4) is 0 Å². The van der Waals surface area contributed by atoms with E-state index in [1.165, 1.54) is 12.1 Å². The van der Waals surface area contributed by atoms with Gasteiger partial charge in [0.15, 0.2) is 0 Å². The third kappa shape index (κ3) is 2.54. The predicted molar refractivity (Wildman–Crippen MR) is 47.1 cm³/mol. The van der Waals surface area contributed by atoms with Gasteiger partial charge in [-0.3, -0.25) is 4.79 Å². The summed E-state index contributed by atoms with van der Waals surface area (Å²) in [7, 11) is 0. The number of rotatable bonds is 2. The smallest absolute Gasteiger partial charge is 0.307 e. The normalized spacial score (nSPS) is 9.75. The second kappa shape index (κ2) is 3.58. The van der Waals surface area contributed by atoms with Gasteiger partial charge in [-0.25, -0.2) is 0 Å². The van der Waals surface area contributed by atoms with Gasteiger partial charge in [0.05, 0.1) is 6.42 Å². The molecule has 2 N–H and O–H groups in total. The average Bonchev–Trinajstić information content (AvgIpc) is 1.81. The summed E-state index contributed by atoms with van der Waals surface area (Å²) in [5, 5.41) is 17.5. The Balaban J connectivity index is 2.93. The number of hydrogen-bond donors (Lipinski definition) is 2. The van der Waals surface area contributed by atoms with Crippen molar-refractivity contribution in [2.75, 3.05) is 0 Å². The minimum Gasteiger partial charge on any atom is -0.508 e. The summed E-state index contributed by atoms with van der Waals surface area (Å²) in [6, 6.07) is 4.60. The molecule has 1 aromatic rings. The van der Waals surface area contributed by atoms with Crippen LogP contribution in [-0.4, -0.2) is 16.2 Å². The standard InChI is InChI=1S/C8H7BrO3/c9-6-1-5(3-8(11)12)2-7(10)4-6/h1-2,4,10H,3H2,(H,11,12). The third-order valence-electron chi connectivity index (χ3n) is 1.30. The van der Waals surface area contributed by atoms with Crippen LogP contribution in [0.5, 0.6) is 5.75 Å². The first-order chi connectivity index (χ1) is 5.58. The van der Waals surface area contributed by atoms with E-state index in [1.807, 2.05) is 0 Å². The number of aliphatic carboxylic acids is 1. The van der Waals surface area contributed by atoms with Crippen molar-refractivity contribution in [2.24, 2.45) is 0 Å². The van der Waals surface area contributed by atoms with Crippen LogP contribution in [0.2, 0.25) is 0 Å². The largest absolute Gasteiger partial charge is 0.508 e. The molecule has 0 radical (unpaired) electrons. The molecule has 0 aromatic heterocycles. The Labute approximate surface area is 77.8 Å². The first-order valence-electron chi connectivity index (χ1n) is 3.28. The summed E-state index contributed by atoms with van der Waals surface area (Å²) >= 11 is 3.15. The van der Waals surface area contributed by atoms with Crippen LogP contribution in [0.15, 0.2) is 22.7 Å². The van der Waals surface area contributed by atoms with Crippen LogP contribution in [0.25, 0.3) is 0 Å². The Bertz CT molecular complexity index is 289. The Morgan fingerprint density at radius 3 is 2.58 bits per heavy atom. The topological polar surface area (TPSA) is 57.5 Å². The number of phenolic OH excluding ortho intramolecular Hbond substituents is 1. The maximum atomic E-state index is 10.3. The molecule has 1 rings (SSSR count). The Kier molecular flexibility index (Phi) is 2.70. The number of benzene rings is 1. The zero-order valence-electron chi connectivity index (χ0n) is 6.12. The minimum absolute atomic E-state index is 0.0700. The monoisotopic (exact) mass is 230 g/mol. The van der Waals surface area contributed by atoms with Gasteiger partial charge in [-0.05, 0) is 23.8 Å². The fraction of sp³-hybridized carbons (Fsp3) is 0.125. The molecule has 0 atom stereocenters. The highest BCUT2D eigenvalue weighted by molar-refractivity contribution is 9.10. The number of carboxylic acid groups (broad SMARTS) is 1. The van der Waals surface area contributed by atoms with Crippen LogP contribution in [0.1, 0.15) is 5.56 Å². The van der Waals surface area contributed by atoms with Crippen molar-refractivity contribution in [3.8, 4) is 5.75 Å². The van der Waals surface area contributed by atoms with Gasteiger partial charge in [-0.2, -0.15) is 0 Å². The zero-order valence-corrected chi connectivity index (χ0v) is 7.71. The molecule has 0 spiro atoms. The van der Waals surface area contributed by atoms with Crippen LogP contribution in [0, 0.1) is 0 Å². The lowest BCUT2D eigenvalue weighted by Crippen LogP contribution is -1.99. The van der Waals surface area contributed by atoms with E-state index < -0.39 is 5.97 Å². The van der Waals surface area contributed by atoms with Crippen LogP contribution in [0.4, 0.5) is 0 Å². The highest BCUT2D eigenvalue weighted by Crippen LogP contribution is 2.20. The van der Waals surface area contributed by atoms with Gasteiger partial charge in [-0.15, -0.1) is 0 Å². The number of phenols is 1. The van der Waals surface area contributed by atoms with Crippen LogP contribution < -0.4 is 0 Å². The number of halogens is 1. The lowest BCUT2D eigenvalue weighted by Gasteiger charge is -1.99. The number of aromatic hydroxyl groups is 1. The van der Waals surface area contributed by atoms with E-state index >= 15 is 0 Å². The second-order valence-corrected chi connectivity index (χ2v) is 3.30. The van der Waals surface area contributed by atoms with E-state index in [1.54, 1.807) is 6.07 Å². The number of hydrogen-bond acceptors (Lipinski definition) is 2. The fourth-order valence-corrected chi connectivity index (χ4v) is 1.44. The molecule has 0 aliphatic heterocycles. The lowest BCUT2D eigenvalue weighted by molar-refractivity contribution is -0.136. The summed E-state index contributed by atoms with van der Waals surface area (Å²) in [6.45, 7) is 0. The molecule has 1 aromatic carbocycles. The van der Waals surface area contributed by atoms with E-state index in [4.69, 9.17) is 10.2 Å². The lowest BCUT2D eigenvalue weighted by atomic mass is 10.1. The van der Waals surface area contributed by atoms with Crippen molar-refractivity contribution in [3.63, 3.8) is 0 Å². The molecular weight excluding hydrogens is 224 g/mol. The summed E-state index contributed by atoms with van der Waals surface area (Å²) in [5.74, 6) is -0.840. The second-order valence-electron chi connectivity index (χ2n) is 2.39. The van der Waals surface area contributed by atoms with Gasteiger partial charge in [0, 0.05) is 4.47 Å². The van der Waals surface area contributed by atoms with Crippen LogP contribution in [-0.2, 0) is 11.2 Å².